The first-order chi connectivity index (χ1) is 19.1. The predicted molar refractivity (Wildman–Crippen MR) is 153 cm³/mol. The first kappa shape index (κ1) is 27.1. The molecule has 1 unspecified atom stereocenters. The number of methoxy groups -OCH3 is 1. The van der Waals surface area contributed by atoms with Crippen molar-refractivity contribution in [2.45, 2.75) is 37.8 Å². The van der Waals surface area contributed by atoms with Gasteiger partial charge in [0.1, 0.15) is 6.04 Å². The Hall–Kier alpha value is -3.43. The number of anilines is 1. The van der Waals surface area contributed by atoms with Crippen LogP contribution < -0.4 is 10.7 Å². The number of likely N-dealkylation sites (tertiary alicyclic amines) is 2. The van der Waals surface area contributed by atoms with E-state index >= 15 is 0 Å². The zero-order chi connectivity index (χ0) is 27.2. The summed E-state index contributed by atoms with van der Waals surface area (Å²) in [5.74, 6) is 5.08. The molecule has 0 aromatic heterocycles. The van der Waals surface area contributed by atoms with Crippen LogP contribution in [0.15, 0.2) is 53.6 Å². The lowest BCUT2D eigenvalue weighted by Gasteiger charge is -2.44. The third kappa shape index (κ3) is 6.25. The van der Waals surface area contributed by atoms with Crippen LogP contribution in [0.1, 0.15) is 53.2 Å². The Balaban J connectivity index is 1.16. The molecule has 3 saturated heterocycles. The van der Waals surface area contributed by atoms with Crippen LogP contribution in [0, 0.1) is 0 Å². The van der Waals surface area contributed by atoms with Crippen molar-refractivity contribution in [3.8, 4) is 0 Å². The van der Waals surface area contributed by atoms with Crippen molar-refractivity contribution < 1.29 is 14.3 Å². The zero-order valence-corrected chi connectivity index (χ0v) is 22.9. The van der Waals surface area contributed by atoms with Gasteiger partial charge in [-0.3, -0.25) is 14.6 Å². The summed E-state index contributed by atoms with van der Waals surface area (Å²) in [4.78, 5) is 34.8. The minimum absolute atomic E-state index is 0.0765. The van der Waals surface area contributed by atoms with Crippen LogP contribution in [-0.4, -0.2) is 98.3 Å². The molecule has 0 radical (unpaired) electrons. The number of rotatable bonds is 7. The van der Waals surface area contributed by atoms with Crippen molar-refractivity contribution in [1.82, 2.24) is 14.7 Å². The molecule has 0 spiro atoms. The van der Waals surface area contributed by atoms with Gasteiger partial charge in [0, 0.05) is 69.7 Å². The molecule has 208 valence electrons. The molecule has 1 atom stereocenters. The molecule has 0 aliphatic carbocycles. The molecule has 9 heteroatoms. The Bertz CT molecular complexity index is 1130. The van der Waals surface area contributed by atoms with Gasteiger partial charge in [0.05, 0.1) is 13.3 Å². The molecule has 2 aromatic rings. The predicted octanol–water partition coefficient (Wildman–Crippen LogP) is 2.72. The molecule has 2 aromatic carbocycles. The number of hydrazone groups is 1. The highest BCUT2D eigenvalue weighted by atomic mass is 16.5. The van der Waals surface area contributed by atoms with Crippen LogP contribution in [0.2, 0.25) is 0 Å². The summed E-state index contributed by atoms with van der Waals surface area (Å²) < 4.78 is 5.21. The second kappa shape index (κ2) is 12.6. The van der Waals surface area contributed by atoms with Gasteiger partial charge in [-0.2, -0.15) is 5.10 Å². The maximum atomic E-state index is 12.9. The van der Waals surface area contributed by atoms with E-state index in [2.05, 4.69) is 31.9 Å². The zero-order valence-electron chi connectivity index (χ0n) is 22.9. The van der Waals surface area contributed by atoms with E-state index in [9.17, 15) is 9.59 Å². The van der Waals surface area contributed by atoms with Crippen molar-refractivity contribution in [2.75, 3.05) is 64.4 Å². The molecule has 0 saturated carbocycles. The van der Waals surface area contributed by atoms with E-state index in [0.717, 1.165) is 89.2 Å². The van der Waals surface area contributed by atoms with Gasteiger partial charge in [-0.05, 0) is 61.1 Å². The first-order valence-corrected chi connectivity index (χ1v) is 14.1. The molecule has 2 N–H and O–H groups in total. The van der Waals surface area contributed by atoms with E-state index in [4.69, 9.17) is 10.6 Å². The van der Waals surface area contributed by atoms with Gasteiger partial charge >= 0.3 is 5.97 Å². The Morgan fingerprint density at radius 1 is 0.897 bits per heavy atom. The summed E-state index contributed by atoms with van der Waals surface area (Å²) in [6, 6.07) is 16.0. The fraction of sp³-hybridized carbons (Fsp3) is 0.500. The second-order valence-corrected chi connectivity index (χ2v) is 10.7. The molecular formula is C30H40N6O3. The van der Waals surface area contributed by atoms with Crippen molar-refractivity contribution in [3.63, 3.8) is 0 Å². The van der Waals surface area contributed by atoms with Crippen LogP contribution in [0.4, 0.5) is 5.69 Å². The molecule has 5 rings (SSSR count). The Labute approximate surface area is 231 Å². The number of nitrogens with zero attached hydrogens (tertiary/aromatic N) is 5. The number of amides is 1. The van der Waals surface area contributed by atoms with E-state index < -0.39 is 6.04 Å². The fourth-order valence-electron chi connectivity index (χ4n) is 6.23. The van der Waals surface area contributed by atoms with Gasteiger partial charge in [0.2, 0.25) is 0 Å². The first-order valence-electron chi connectivity index (χ1n) is 14.1. The van der Waals surface area contributed by atoms with Gasteiger partial charge in [-0.1, -0.05) is 24.3 Å². The smallest absolute Gasteiger partial charge is 0.327 e. The van der Waals surface area contributed by atoms with Gasteiger partial charge in [-0.25, -0.2) is 4.79 Å². The van der Waals surface area contributed by atoms with Crippen LogP contribution in [0.3, 0.4) is 0 Å². The summed E-state index contributed by atoms with van der Waals surface area (Å²) in [7, 11) is 1.45. The second-order valence-electron chi connectivity index (χ2n) is 10.7. The summed E-state index contributed by atoms with van der Waals surface area (Å²) in [5, 5.41) is 3.59. The van der Waals surface area contributed by atoms with Crippen LogP contribution >= 0.6 is 0 Å². The number of carbonyl (C=O) groups is 2. The normalized spacial score (nSPS) is 20.4. The number of piperidine rings is 1. The summed E-state index contributed by atoms with van der Waals surface area (Å²) in [6.45, 7) is 7.39. The average Bonchev–Trinajstić information content (AvgIpc) is 3.54. The van der Waals surface area contributed by atoms with E-state index in [1.165, 1.54) is 12.8 Å². The van der Waals surface area contributed by atoms with Gasteiger partial charge in [0.15, 0.2) is 0 Å². The van der Waals surface area contributed by atoms with E-state index in [0.29, 0.717) is 11.6 Å². The van der Waals surface area contributed by atoms with Gasteiger partial charge in [0.25, 0.3) is 5.91 Å². The van der Waals surface area contributed by atoms with E-state index in [1.54, 1.807) is 6.21 Å². The Morgan fingerprint density at radius 3 is 2.13 bits per heavy atom. The fourth-order valence-corrected chi connectivity index (χ4v) is 6.23. The van der Waals surface area contributed by atoms with E-state index in [-0.39, 0.29) is 11.9 Å². The van der Waals surface area contributed by atoms with Crippen LogP contribution in [0.5, 0.6) is 0 Å². The summed E-state index contributed by atoms with van der Waals surface area (Å²) >= 11 is 0. The molecule has 3 aliphatic heterocycles. The molecule has 3 heterocycles. The van der Waals surface area contributed by atoms with Crippen molar-refractivity contribution in [2.24, 2.45) is 10.9 Å². The molecule has 9 nitrogen and oxygen atoms in total. The molecule has 3 aliphatic rings. The number of piperazine rings is 1. The molecule has 0 bridgehead atoms. The highest BCUT2D eigenvalue weighted by Gasteiger charge is 2.34. The number of nitrogens with two attached hydrogens (primary N) is 1. The number of hydrogen-bond acceptors (Lipinski definition) is 8. The number of benzene rings is 2. The van der Waals surface area contributed by atoms with Crippen molar-refractivity contribution >= 4 is 23.8 Å². The highest BCUT2D eigenvalue weighted by molar-refractivity contribution is 5.94. The lowest BCUT2D eigenvalue weighted by atomic mass is 9.97. The van der Waals surface area contributed by atoms with Gasteiger partial charge in [-0.15, -0.1) is 0 Å². The monoisotopic (exact) mass is 532 g/mol. The molecule has 1 amide bonds. The van der Waals surface area contributed by atoms with Crippen LogP contribution in [0.25, 0.3) is 0 Å². The largest absolute Gasteiger partial charge is 0.468 e. The highest BCUT2D eigenvalue weighted by Crippen LogP contribution is 2.29. The van der Waals surface area contributed by atoms with E-state index in [1.807, 2.05) is 41.3 Å². The Kier molecular flexibility index (Phi) is 8.78. The van der Waals surface area contributed by atoms with Crippen molar-refractivity contribution in [1.29, 1.82) is 0 Å². The minimum Gasteiger partial charge on any atom is -0.468 e. The maximum Gasteiger partial charge on any atom is 0.327 e. The molecular weight excluding hydrogens is 492 g/mol. The third-order valence-corrected chi connectivity index (χ3v) is 8.47. The SMILES string of the molecule is COC(=O)C(c1ccc(C(=O)N2CCCC2)cc1)N1CCC(N2CCN(c3ccc(C=NN)cc3)CC2)CC1. The lowest BCUT2D eigenvalue weighted by molar-refractivity contribution is -0.148. The number of carbonyl (C=O) groups excluding carboxylic acids is 2. The van der Waals surface area contributed by atoms with Crippen molar-refractivity contribution in [3.05, 3.63) is 65.2 Å². The van der Waals surface area contributed by atoms with Gasteiger partial charge < -0.3 is 20.4 Å². The lowest BCUT2D eigenvalue weighted by Crippen LogP contribution is -2.54. The standard InChI is InChI=1S/C30H40N6O3/c1-39-30(38)28(24-6-8-25(9-7-24)29(37)36-14-2-3-15-36)35-16-12-27(13-17-35)34-20-18-33(19-21-34)26-10-4-23(5-11-26)22-32-31/h4-11,22,27-28H,2-3,12-21,31H2,1H3. The quantitative estimate of drug-likeness (QED) is 0.254. The Morgan fingerprint density at radius 2 is 1.54 bits per heavy atom. The summed E-state index contributed by atoms with van der Waals surface area (Å²) in [6.07, 6.45) is 5.83. The van der Waals surface area contributed by atoms with Crippen LogP contribution in [-0.2, 0) is 9.53 Å². The molecule has 39 heavy (non-hydrogen) atoms. The summed E-state index contributed by atoms with van der Waals surface area (Å²) in [5.41, 5.74) is 3.80. The number of hydrogen-bond donors (Lipinski definition) is 1. The number of ether oxygens (including phenoxy) is 1. The number of esters is 1. The topological polar surface area (TPSA) is 94.7 Å². The average molecular weight is 533 g/mol. The molecule has 3 fully saturated rings. The maximum absolute atomic E-state index is 12.9. The third-order valence-electron chi connectivity index (χ3n) is 8.47. The minimum atomic E-state index is -0.448.